The molecule has 2 rings (SSSR count). The van der Waals surface area contributed by atoms with Crippen LogP contribution in [0.2, 0.25) is 0 Å². The van der Waals surface area contributed by atoms with Crippen LogP contribution < -0.4 is 0 Å². The van der Waals surface area contributed by atoms with Crippen LogP contribution in [0.5, 0.6) is 0 Å². The minimum Gasteiger partial charge on any atom is -0.281 e. The highest BCUT2D eigenvalue weighted by molar-refractivity contribution is 5.74. The second-order valence-electron chi connectivity index (χ2n) is 2.98. The quantitative estimate of drug-likeness (QED) is 0.512. The van der Waals surface area contributed by atoms with E-state index >= 15 is 0 Å². The van der Waals surface area contributed by atoms with E-state index in [0.717, 1.165) is 0 Å². The molecule has 1 unspecified atom stereocenters. The number of aliphatic imine (C=N–C) groups is 1. The van der Waals surface area contributed by atoms with Crippen molar-refractivity contribution in [1.82, 2.24) is 0 Å². The van der Waals surface area contributed by atoms with Gasteiger partial charge in [0.15, 0.2) is 0 Å². The fourth-order valence-corrected chi connectivity index (χ4v) is 1.41. The van der Waals surface area contributed by atoms with Crippen LogP contribution in [0.15, 0.2) is 52.6 Å². The SMILES string of the molecule is CC1=C2C=CC=CC1N=CC=C2. The highest BCUT2D eigenvalue weighted by Crippen LogP contribution is 2.19. The summed E-state index contributed by atoms with van der Waals surface area (Å²) in [5.74, 6) is 0. The molecule has 1 nitrogen and oxygen atoms in total. The lowest BCUT2D eigenvalue weighted by Crippen LogP contribution is -2.01. The van der Waals surface area contributed by atoms with Crippen molar-refractivity contribution in [1.29, 1.82) is 0 Å². The molecule has 0 saturated carbocycles. The number of hydrogen-bond donors (Lipinski definition) is 0. The Morgan fingerprint density at radius 1 is 1.17 bits per heavy atom. The van der Waals surface area contributed by atoms with Crippen molar-refractivity contribution < 1.29 is 0 Å². The maximum absolute atomic E-state index is 4.39. The zero-order chi connectivity index (χ0) is 8.39. The van der Waals surface area contributed by atoms with Gasteiger partial charge in [-0.05, 0) is 24.1 Å². The van der Waals surface area contributed by atoms with E-state index in [2.05, 4.69) is 42.3 Å². The largest absolute Gasteiger partial charge is 0.281 e. The van der Waals surface area contributed by atoms with Crippen molar-refractivity contribution in [2.45, 2.75) is 13.0 Å². The van der Waals surface area contributed by atoms with Gasteiger partial charge in [0.25, 0.3) is 0 Å². The summed E-state index contributed by atoms with van der Waals surface area (Å²) in [6, 6.07) is 0.241. The van der Waals surface area contributed by atoms with Gasteiger partial charge in [-0.2, -0.15) is 0 Å². The van der Waals surface area contributed by atoms with Gasteiger partial charge >= 0.3 is 0 Å². The maximum atomic E-state index is 4.39. The Hall–Kier alpha value is -1.37. The minimum atomic E-state index is 0.241. The number of hydrogen-bond acceptors (Lipinski definition) is 1. The molecule has 60 valence electrons. The Balaban J connectivity index is 2.52. The Kier molecular flexibility index (Phi) is 1.78. The van der Waals surface area contributed by atoms with Gasteiger partial charge < -0.3 is 0 Å². The van der Waals surface area contributed by atoms with Crippen molar-refractivity contribution in [2.75, 3.05) is 0 Å². The molecule has 1 heterocycles. The Morgan fingerprint density at radius 2 is 2.00 bits per heavy atom. The summed E-state index contributed by atoms with van der Waals surface area (Å²) in [5.41, 5.74) is 2.60. The summed E-state index contributed by atoms with van der Waals surface area (Å²) in [6.07, 6.45) is 14.3. The first kappa shape index (κ1) is 7.29. The van der Waals surface area contributed by atoms with E-state index in [1.165, 1.54) is 11.1 Å². The zero-order valence-corrected chi connectivity index (χ0v) is 7.07. The molecule has 2 aliphatic rings. The van der Waals surface area contributed by atoms with Crippen LogP contribution in [-0.2, 0) is 0 Å². The predicted octanol–water partition coefficient (Wildman–Crippen LogP) is 2.44. The number of nitrogens with zero attached hydrogens (tertiary/aromatic N) is 1. The molecule has 1 heteroatoms. The summed E-state index contributed by atoms with van der Waals surface area (Å²) in [7, 11) is 0. The van der Waals surface area contributed by atoms with Gasteiger partial charge in [0.05, 0.1) is 6.04 Å². The van der Waals surface area contributed by atoms with Gasteiger partial charge in [-0.15, -0.1) is 0 Å². The molecular weight excluding hydrogens is 146 g/mol. The van der Waals surface area contributed by atoms with Crippen LogP contribution in [0.25, 0.3) is 0 Å². The molecule has 12 heavy (non-hydrogen) atoms. The fraction of sp³-hybridized carbons (Fsp3) is 0.182. The molecule has 0 aromatic carbocycles. The van der Waals surface area contributed by atoms with Gasteiger partial charge in [-0.1, -0.05) is 30.4 Å². The maximum Gasteiger partial charge on any atom is 0.0899 e. The molecule has 1 aliphatic heterocycles. The van der Waals surface area contributed by atoms with Gasteiger partial charge in [0, 0.05) is 6.21 Å². The first-order valence-electron chi connectivity index (χ1n) is 4.13. The van der Waals surface area contributed by atoms with E-state index in [9.17, 15) is 0 Å². The molecule has 0 radical (unpaired) electrons. The predicted molar refractivity (Wildman–Crippen MR) is 52.4 cm³/mol. The average molecular weight is 157 g/mol. The Bertz CT molecular complexity index is 301. The van der Waals surface area contributed by atoms with Crippen LogP contribution in [-0.4, -0.2) is 12.3 Å². The van der Waals surface area contributed by atoms with E-state index in [1.54, 1.807) is 0 Å². The summed E-state index contributed by atoms with van der Waals surface area (Å²) >= 11 is 0. The molecule has 0 aromatic rings. The van der Waals surface area contributed by atoms with Crippen LogP contribution in [0.4, 0.5) is 0 Å². The van der Waals surface area contributed by atoms with Crippen molar-refractivity contribution in [3.8, 4) is 0 Å². The number of rotatable bonds is 0. The van der Waals surface area contributed by atoms with E-state index in [1.807, 2.05) is 12.3 Å². The summed E-state index contributed by atoms with van der Waals surface area (Å²) in [4.78, 5) is 4.39. The summed E-state index contributed by atoms with van der Waals surface area (Å²) in [6.45, 7) is 2.13. The second kappa shape index (κ2) is 2.94. The lowest BCUT2D eigenvalue weighted by atomic mass is 10.0. The van der Waals surface area contributed by atoms with Crippen molar-refractivity contribution in [3.05, 3.63) is 47.6 Å². The third-order valence-electron chi connectivity index (χ3n) is 2.19. The highest BCUT2D eigenvalue weighted by atomic mass is 14.8. The van der Waals surface area contributed by atoms with Crippen molar-refractivity contribution in [3.63, 3.8) is 0 Å². The first-order valence-corrected chi connectivity index (χ1v) is 4.13. The molecule has 0 spiro atoms. The third-order valence-corrected chi connectivity index (χ3v) is 2.19. The van der Waals surface area contributed by atoms with E-state index in [0.29, 0.717) is 0 Å². The monoisotopic (exact) mass is 157 g/mol. The van der Waals surface area contributed by atoms with E-state index in [4.69, 9.17) is 0 Å². The van der Waals surface area contributed by atoms with Crippen molar-refractivity contribution in [2.24, 2.45) is 4.99 Å². The third kappa shape index (κ3) is 1.18. The molecule has 0 amide bonds. The normalized spacial score (nSPS) is 25.9. The standard InChI is InChI=1S/C11H11N/c1-9-10-5-2-3-7-11(9)12-8-4-6-10/h2-8,11H,1H3. The van der Waals surface area contributed by atoms with Gasteiger partial charge in [0.1, 0.15) is 0 Å². The van der Waals surface area contributed by atoms with Crippen LogP contribution >= 0.6 is 0 Å². The number of allylic oxidation sites excluding steroid dienone is 6. The molecule has 2 bridgehead atoms. The zero-order valence-electron chi connectivity index (χ0n) is 7.07. The first-order chi connectivity index (χ1) is 5.88. The Morgan fingerprint density at radius 3 is 2.92 bits per heavy atom. The Labute approximate surface area is 72.5 Å². The highest BCUT2D eigenvalue weighted by Gasteiger charge is 2.09. The molecule has 0 aromatic heterocycles. The van der Waals surface area contributed by atoms with E-state index in [-0.39, 0.29) is 6.04 Å². The summed E-state index contributed by atoms with van der Waals surface area (Å²) in [5, 5.41) is 0. The van der Waals surface area contributed by atoms with Gasteiger partial charge in [-0.25, -0.2) is 0 Å². The van der Waals surface area contributed by atoms with Crippen LogP contribution in [0.1, 0.15) is 6.92 Å². The number of fused-ring (bicyclic) bond motifs is 1. The van der Waals surface area contributed by atoms with Crippen LogP contribution in [0.3, 0.4) is 0 Å². The van der Waals surface area contributed by atoms with Gasteiger partial charge in [-0.3, -0.25) is 4.99 Å². The molecule has 0 saturated heterocycles. The minimum absolute atomic E-state index is 0.241. The molecule has 0 N–H and O–H groups in total. The van der Waals surface area contributed by atoms with Crippen LogP contribution in [0, 0.1) is 0 Å². The van der Waals surface area contributed by atoms with E-state index < -0.39 is 0 Å². The topological polar surface area (TPSA) is 12.4 Å². The lowest BCUT2D eigenvalue weighted by Gasteiger charge is -2.07. The van der Waals surface area contributed by atoms with Gasteiger partial charge in [0.2, 0.25) is 0 Å². The second-order valence-corrected chi connectivity index (χ2v) is 2.98. The lowest BCUT2D eigenvalue weighted by molar-refractivity contribution is 0.954. The average Bonchev–Trinajstić information content (AvgIpc) is 2.37. The molecular formula is C11H11N. The fourth-order valence-electron chi connectivity index (χ4n) is 1.41. The summed E-state index contributed by atoms with van der Waals surface area (Å²) < 4.78 is 0. The molecule has 1 aliphatic carbocycles. The van der Waals surface area contributed by atoms with Crippen molar-refractivity contribution >= 4 is 6.21 Å². The molecule has 0 fully saturated rings. The molecule has 1 atom stereocenters. The smallest absolute Gasteiger partial charge is 0.0899 e.